The average Bonchev–Trinajstić information content (AvgIpc) is 3.15. The molecule has 0 unspecified atom stereocenters. The van der Waals surface area contributed by atoms with Crippen molar-refractivity contribution < 1.29 is 13.1 Å². The first-order valence-corrected chi connectivity index (χ1v) is 7.26. The fraction of sp³-hybridized carbons (Fsp3) is 0.118. The van der Waals surface area contributed by atoms with Crippen LogP contribution in [0.15, 0.2) is 60.3 Å². The fourth-order valence-corrected chi connectivity index (χ4v) is 2.59. The zero-order valence-electron chi connectivity index (χ0n) is 12.3. The maximum absolute atomic E-state index is 13.2. The first kappa shape index (κ1) is 14.5. The highest BCUT2D eigenvalue weighted by Gasteiger charge is 2.41. The first-order valence-electron chi connectivity index (χ1n) is 7.26. The number of hydrogen-bond donors (Lipinski definition) is 1. The van der Waals surface area contributed by atoms with Gasteiger partial charge in [0.2, 0.25) is 0 Å². The third-order valence-corrected chi connectivity index (χ3v) is 3.69. The van der Waals surface area contributed by atoms with E-state index in [1.54, 1.807) is 18.2 Å². The van der Waals surface area contributed by atoms with Crippen LogP contribution in [0.1, 0.15) is 19.0 Å². The summed E-state index contributed by atoms with van der Waals surface area (Å²) < 4.78 is 27.5. The minimum atomic E-state index is -2.53. The molecule has 1 N–H and O–H groups in total. The first-order chi connectivity index (χ1) is 10.7. The summed E-state index contributed by atoms with van der Waals surface area (Å²) in [7, 11) is -2.53. The van der Waals surface area contributed by atoms with Gasteiger partial charge in [-0.25, -0.2) is 13.1 Å². The molecule has 0 saturated carbocycles. The number of nitrogens with zero attached hydrogens (tertiary/aromatic N) is 1. The van der Waals surface area contributed by atoms with Crippen LogP contribution in [0.5, 0.6) is 0 Å². The van der Waals surface area contributed by atoms with E-state index in [-0.39, 0.29) is 0 Å². The van der Waals surface area contributed by atoms with Crippen LogP contribution in [0.3, 0.4) is 0 Å². The van der Waals surface area contributed by atoms with Crippen LogP contribution in [0.4, 0.5) is 8.63 Å². The van der Waals surface area contributed by atoms with Gasteiger partial charge in [0, 0.05) is 36.0 Å². The van der Waals surface area contributed by atoms with Gasteiger partial charge in [-0.1, -0.05) is 37.3 Å². The standard InChI is InChI=1S/C17H15BF2N2/c1-2-15-9-10-16(22(15)18(19)20)12-14-8-11-17(21-14)13-6-4-3-5-7-13/h3-12H,2H2,1H3/p+1. The number of rotatable bonds is 4. The van der Waals surface area contributed by atoms with E-state index in [1.165, 1.54) is 0 Å². The van der Waals surface area contributed by atoms with Crippen molar-refractivity contribution in [3.8, 4) is 11.3 Å². The second-order valence-corrected chi connectivity index (χ2v) is 5.09. The summed E-state index contributed by atoms with van der Waals surface area (Å²) in [6.07, 6.45) is 5.81. The Morgan fingerprint density at radius 2 is 1.86 bits per heavy atom. The zero-order valence-corrected chi connectivity index (χ0v) is 12.3. The van der Waals surface area contributed by atoms with Crippen molar-refractivity contribution in [2.75, 3.05) is 0 Å². The van der Waals surface area contributed by atoms with Crippen LogP contribution >= 0.6 is 0 Å². The summed E-state index contributed by atoms with van der Waals surface area (Å²) in [5.74, 6) is 0. The Labute approximate surface area is 128 Å². The molecule has 110 valence electrons. The molecule has 1 aromatic carbocycles. The SMILES string of the molecule is CCC1=[N+](B(F)F)/C(=C\c2ccc(-c3ccccc3)[nH]2)C=C1. The Morgan fingerprint density at radius 3 is 2.55 bits per heavy atom. The number of halogens is 2. The molecule has 0 saturated heterocycles. The third kappa shape index (κ3) is 2.79. The van der Waals surface area contributed by atoms with Crippen molar-refractivity contribution in [1.82, 2.24) is 4.98 Å². The van der Waals surface area contributed by atoms with E-state index in [0.717, 1.165) is 21.4 Å². The molecule has 0 bridgehead atoms. The summed E-state index contributed by atoms with van der Waals surface area (Å²) in [6.45, 7) is 1.88. The minimum absolute atomic E-state index is 0.508. The van der Waals surface area contributed by atoms with Crippen LogP contribution in [0, 0.1) is 0 Å². The predicted molar refractivity (Wildman–Crippen MR) is 86.9 cm³/mol. The van der Waals surface area contributed by atoms with Gasteiger partial charge in [0.15, 0.2) is 11.4 Å². The monoisotopic (exact) mass is 297 g/mol. The number of aromatic nitrogens is 1. The second-order valence-electron chi connectivity index (χ2n) is 5.09. The number of H-pyrrole nitrogens is 1. The lowest BCUT2D eigenvalue weighted by Crippen LogP contribution is -2.24. The highest BCUT2D eigenvalue weighted by molar-refractivity contribution is 6.35. The normalized spacial score (nSPS) is 15.9. The molecule has 1 aliphatic rings. The molecule has 1 aliphatic heterocycles. The Bertz CT molecular complexity index is 758. The van der Waals surface area contributed by atoms with E-state index in [1.807, 2.05) is 49.4 Å². The molecule has 0 atom stereocenters. The van der Waals surface area contributed by atoms with Crippen LogP contribution < -0.4 is 0 Å². The van der Waals surface area contributed by atoms with Gasteiger partial charge in [-0.05, 0) is 17.7 Å². The molecule has 2 heterocycles. The molecule has 1 aromatic heterocycles. The lowest BCUT2D eigenvalue weighted by Gasteiger charge is -1.99. The van der Waals surface area contributed by atoms with Crippen LogP contribution in [0.2, 0.25) is 0 Å². The lowest BCUT2D eigenvalue weighted by molar-refractivity contribution is -0.341. The lowest BCUT2D eigenvalue weighted by atomic mass is 10.1. The highest BCUT2D eigenvalue weighted by Crippen LogP contribution is 2.21. The van der Waals surface area contributed by atoms with E-state index in [2.05, 4.69) is 4.98 Å². The topological polar surface area (TPSA) is 18.8 Å². The molecule has 0 radical (unpaired) electrons. The summed E-state index contributed by atoms with van der Waals surface area (Å²) in [5, 5.41) is 0. The average molecular weight is 297 g/mol. The van der Waals surface area contributed by atoms with Gasteiger partial charge >= 0.3 is 7.40 Å². The molecule has 0 amide bonds. The number of benzene rings is 1. The van der Waals surface area contributed by atoms with Gasteiger partial charge in [0.05, 0.1) is 0 Å². The van der Waals surface area contributed by atoms with E-state index in [4.69, 9.17) is 0 Å². The second kappa shape index (κ2) is 6.14. The maximum atomic E-state index is 13.2. The third-order valence-electron chi connectivity index (χ3n) is 3.69. The van der Waals surface area contributed by atoms with Crippen molar-refractivity contribution in [2.45, 2.75) is 13.3 Å². The Balaban J connectivity index is 1.92. The molecule has 2 aromatic rings. The molecular formula is C17H16BF2N2+. The molecule has 0 fully saturated rings. The van der Waals surface area contributed by atoms with Crippen molar-refractivity contribution in [1.29, 1.82) is 0 Å². The summed E-state index contributed by atoms with van der Waals surface area (Å²) >= 11 is 0. The van der Waals surface area contributed by atoms with E-state index in [9.17, 15) is 8.63 Å². The fourth-order valence-electron chi connectivity index (χ4n) is 2.59. The smallest absolute Gasteiger partial charge is 0.355 e. The number of nitrogens with one attached hydrogen (secondary N) is 1. The summed E-state index contributed by atoms with van der Waals surface area (Å²) in [4.78, 5) is 3.26. The van der Waals surface area contributed by atoms with Crippen LogP contribution in [-0.2, 0) is 0 Å². The van der Waals surface area contributed by atoms with Crippen molar-refractivity contribution >= 4 is 19.2 Å². The highest BCUT2D eigenvalue weighted by atomic mass is 19.2. The summed E-state index contributed by atoms with van der Waals surface area (Å²) in [5.41, 5.74) is 3.99. The van der Waals surface area contributed by atoms with Crippen molar-refractivity contribution in [3.05, 3.63) is 66.0 Å². The molecule has 3 rings (SSSR count). The van der Waals surface area contributed by atoms with Crippen molar-refractivity contribution in [3.63, 3.8) is 0 Å². The molecule has 0 aliphatic carbocycles. The van der Waals surface area contributed by atoms with Crippen molar-refractivity contribution in [2.24, 2.45) is 0 Å². The van der Waals surface area contributed by atoms with Gasteiger partial charge in [0.1, 0.15) is 0 Å². The largest absolute Gasteiger partial charge is 0.934 e. The van der Waals surface area contributed by atoms with E-state index >= 15 is 0 Å². The quantitative estimate of drug-likeness (QED) is 0.808. The summed E-state index contributed by atoms with van der Waals surface area (Å²) in [6, 6.07) is 13.8. The number of hydrogen-bond acceptors (Lipinski definition) is 0. The van der Waals surface area contributed by atoms with E-state index in [0.29, 0.717) is 17.8 Å². The number of allylic oxidation sites excluding steroid dienone is 2. The maximum Gasteiger partial charge on any atom is 0.934 e. The Hall–Kier alpha value is -2.43. The van der Waals surface area contributed by atoms with Gasteiger partial charge in [-0.2, -0.15) is 0 Å². The molecule has 2 nitrogen and oxygen atoms in total. The van der Waals surface area contributed by atoms with Gasteiger partial charge in [-0.3, -0.25) is 0 Å². The van der Waals surface area contributed by atoms with Crippen LogP contribution in [0.25, 0.3) is 17.3 Å². The number of aromatic amines is 1. The van der Waals surface area contributed by atoms with E-state index < -0.39 is 7.40 Å². The Morgan fingerprint density at radius 1 is 1.09 bits per heavy atom. The molecule has 5 heteroatoms. The minimum Gasteiger partial charge on any atom is -0.355 e. The molecule has 22 heavy (non-hydrogen) atoms. The van der Waals surface area contributed by atoms with Crippen LogP contribution in [-0.4, -0.2) is 22.6 Å². The zero-order chi connectivity index (χ0) is 15.5. The van der Waals surface area contributed by atoms with Gasteiger partial charge < -0.3 is 4.98 Å². The Kier molecular flexibility index (Phi) is 4.05. The van der Waals surface area contributed by atoms with Gasteiger partial charge in [-0.15, -0.1) is 0 Å². The predicted octanol–water partition coefficient (Wildman–Crippen LogP) is 4.38. The van der Waals surface area contributed by atoms with Gasteiger partial charge in [0.25, 0.3) is 0 Å². The molecular weight excluding hydrogens is 281 g/mol. The molecule has 0 spiro atoms.